The van der Waals surface area contributed by atoms with Crippen LogP contribution in [0, 0.1) is 5.92 Å². The minimum absolute atomic E-state index is 0.0792. The molecule has 0 saturated carbocycles. The first kappa shape index (κ1) is 27.0. The maximum Gasteiger partial charge on any atom is 0.622 e. The smallest absolute Gasteiger partial charge is 0.497 e. The first-order valence-electron chi connectivity index (χ1n) is 10.6. The number of likely N-dealkylation sites (N-methyl/N-ethyl adjacent to an activating group) is 1. The maximum atomic E-state index is 12.6. The summed E-state index contributed by atoms with van der Waals surface area (Å²) in [5.74, 6) is -3.01. The summed E-state index contributed by atoms with van der Waals surface area (Å²) in [7, 11) is 0.327. The van der Waals surface area contributed by atoms with Crippen LogP contribution < -0.4 is 10.6 Å². The highest BCUT2D eigenvalue weighted by Crippen LogP contribution is 2.20. The van der Waals surface area contributed by atoms with Crippen molar-refractivity contribution in [2.24, 2.45) is 5.92 Å². The van der Waals surface area contributed by atoms with Crippen molar-refractivity contribution in [2.75, 3.05) is 13.6 Å². The van der Waals surface area contributed by atoms with Crippen LogP contribution in [0.2, 0.25) is 10.0 Å². The second kappa shape index (κ2) is 11.7. The summed E-state index contributed by atoms with van der Waals surface area (Å²) in [5, 5.41) is 5.69. The second-order valence-corrected chi connectivity index (χ2v) is 9.21. The van der Waals surface area contributed by atoms with Gasteiger partial charge in [-0.25, -0.2) is 0 Å². The summed E-state index contributed by atoms with van der Waals surface area (Å²) in [5.41, 5.74) is 0.130. The summed E-state index contributed by atoms with van der Waals surface area (Å²) in [6.07, 6.45) is 0.365. The lowest BCUT2D eigenvalue weighted by Gasteiger charge is -2.34. The molecule has 1 saturated heterocycles. The van der Waals surface area contributed by atoms with E-state index in [2.05, 4.69) is 10.6 Å². The quantitative estimate of drug-likeness (QED) is 0.552. The molecular formula is C21H28BCl2N3O6. The molecular weight excluding hydrogens is 472 g/mol. The average Bonchev–Trinajstić information content (AvgIpc) is 2.75. The SMILES string of the molecule is CC(C)C[C@H](NC(=O)CNC(=O)c1cc(Cl)ccc1Cl)B1OC(=O)[C@@H](C)N(C)[C@H](C)C(=O)O1. The van der Waals surface area contributed by atoms with Crippen molar-refractivity contribution < 1.29 is 28.5 Å². The lowest BCUT2D eigenvalue weighted by atomic mass is 9.73. The number of hydrogen-bond acceptors (Lipinski definition) is 7. The van der Waals surface area contributed by atoms with E-state index < -0.39 is 48.9 Å². The number of carbonyl (C=O) groups is 4. The van der Waals surface area contributed by atoms with Crippen molar-refractivity contribution in [3.63, 3.8) is 0 Å². The molecule has 1 aliphatic heterocycles. The zero-order valence-electron chi connectivity index (χ0n) is 19.2. The lowest BCUT2D eigenvalue weighted by Crippen LogP contribution is -2.59. The molecule has 1 heterocycles. The third kappa shape index (κ3) is 7.35. The monoisotopic (exact) mass is 499 g/mol. The number of hydrogen-bond donors (Lipinski definition) is 2. The number of rotatable bonds is 7. The van der Waals surface area contributed by atoms with Crippen LogP contribution in [0.15, 0.2) is 18.2 Å². The van der Waals surface area contributed by atoms with E-state index >= 15 is 0 Å². The standard InChI is InChI=1S/C21H28BCl2N3O6/c1-11(2)8-17(22-32-20(30)12(3)27(5)13(4)21(31)33-22)26-18(28)10-25-19(29)15-9-14(23)6-7-16(15)24/h6-7,9,11-13,17H,8,10H2,1-5H3,(H,25,29)(H,26,28)/t12-,13-,17+/m1/s1. The van der Waals surface area contributed by atoms with Crippen molar-refractivity contribution >= 4 is 54.1 Å². The fourth-order valence-electron chi connectivity index (χ4n) is 3.21. The fourth-order valence-corrected chi connectivity index (χ4v) is 3.59. The third-order valence-corrected chi connectivity index (χ3v) is 5.92. The van der Waals surface area contributed by atoms with E-state index in [4.69, 9.17) is 32.5 Å². The molecule has 0 aliphatic carbocycles. The highest BCUT2D eigenvalue weighted by molar-refractivity contribution is 6.51. The molecule has 3 atom stereocenters. The maximum absolute atomic E-state index is 12.6. The molecule has 1 aliphatic rings. The van der Waals surface area contributed by atoms with Crippen molar-refractivity contribution in [3.05, 3.63) is 33.8 Å². The molecule has 1 aromatic rings. The zero-order chi connectivity index (χ0) is 24.9. The Morgan fingerprint density at radius 3 is 2.24 bits per heavy atom. The van der Waals surface area contributed by atoms with Gasteiger partial charge < -0.3 is 19.9 Å². The molecule has 2 amide bonds. The predicted octanol–water partition coefficient (Wildman–Crippen LogP) is 2.09. The Morgan fingerprint density at radius 2 is 1.70 bits per heavy atom. The topological polar surface area (TPSA) is 114 Å². The number of amides is 2. The van der Waals surface area contributed by atoms with Crippen LogP contribution in [0.25, 0.3) is 0 Å². The number of benzene rings is 1. The van der Waals surface area contributed by atoms with E-state index in [1.807, 2.05) is 13.8 Å². The summed E-state index contributed by atoms with van der Waals surface area (Å²) >= 11 is 11.9. The molecule has 2 rings (SSSR count). The van der Waals surface area contributed by atoms with Gasteiger partial charge in [-0.1, -0.05) is 37.0 Å². The molecule has 0 aromatic heterocycles. The van der Waals surface area contributed by atoms with Gasteiger partial charge in [0.2, 0.25) is 5.91 Å². The Labute approximate surface area is 203 Å². The Bertz CT molecular complexity index is 892. The van der Waals surface area contributed by atoms with Gasteiger partial charge in [0.05, 0.1) is 23.1 Å². The Balaban J connectivity index is 2.10. The molecule has 1 fully saturated rings. The zero-order valence-corrected chi connectivity index (χ0v) is 20.7. The summed E-state index contributed by atoms with van der Waals surface area (Å²) in [6.45, 7) is 6.70. The van der Waals surface area contributed by atoms with Gasteiger partial charge in [0.1, 0.15) is 12.1 Å². The molecule has 33 heavy (non-hydrogen) atoms. The molecule has 1 aromatic carbocycles. The summed E-state index contributed by atoms with van der Waals surface area (Å²) in [6, 6.07) is 3.07. The minimum atomic E-state index is -1.30. The van der Waals surface area contributed by atoms with E-state index in [-0.39, 0.29) is 23.0 Å². The van der Waals surface area contributed by atoms with E-state index in [1.54, 1.807) is 31.9 Å². The molecule has 180 valence electrons. The van der Waals surface area contributed by atoms with Gasteiger partial charge in [0.25, 0.3) is 5.91 Å². The fraction of sp³-hybridized carbons (Fsp3) is 0.524. The number of carbonyl (C=O) groups excluding carboxylic acids is 4. The van der Waals surface area contributed by atoms with Crippen LogP contribution in [0.4, 0.5) is 0 Å². The van der Waals surface area contributed by atoms with Crippen LogP contribution in [-0.4, -0.2) is 67.4 Å². The number of halogens is 2. The summed E-state index contributed by atoms with van der Waals surface area (Å²) < 4.78 is 10.8. The van der Waals surface area contributed by atoms with E-state index in [0.29, 0.717) is 11.4 Å². The summed E-state index contributed by atoms with van der Waals surface area (Å²) in [4.78, 5) is 51.5. The van der Waals surface area contributed by atoms with Gasteiger partial charge in [-0.3, -0.25) is 24.1 Å². The largest absolute Gasteiger partial charge is 0.622 e. The van der Waals surface area contributed by atoms with Crippen LogP contribution in [0.5, 0.6) is 0 Å². The Morgan fingerprint density at radius 1 is 1.12 bits per heavy atom. The second-order valence-electron chi connectivity index (χ2n) is 8.37. The first-order chi connectivity index (χ1) is 15.4. The molecule has 2 N–H and O–H groups in total. The van der Waals surface area contributed by atoms with Crippen molar-refractivity contribution in [2.45, 2.75) is 52.1 Å². The van der Waals surface area contributed by atoms with Crippen LogP contribution >= 0.6 is 23.2 Å². The van der Waals surface area contributed by atoms with Crippen molar-refractivity contribution in [1.29, 1.82) is 0 Å². The molecule has 12 heteroatoms. The van der Waals surface area contributed by atoms with E-state index in [0.717, 1.165) is 0 Å². The van der Waals surface area contributed by atoms with Gasteiger partial charge in [-0.15, -0.1) is 0 Å². The predicted molar refractivity (Wildman–Crippen MR) is 125 cm³/mol. The van der Waals surface area contributed by atoms with Gasteiger partial charge in [0, 0.05) is 5.02 Å². The number of nitrogens with zero attached hydrogens (tertiary/aromatic N) is 1. The first-order valence-corrected chi connectivity index (χ1v) is 11.3. The Kier molecular flexibility index (Phi) is 9.57. The van der Waals surface area contributed by atoms with Crippen molar-refractivity contribution in [1.82, 2.24) is 15.5 Å². The van der Waals surface area contributed by atoms with Crippen molar-refractivity contribution in [3.8, 4) is 0 Å². The molecule has 0 bridgehead atoms. The van der Waals surface area contributed by atoms with E-state index in [1.165, 1.54) is 12.1 Å². The van der Waals surface area contributed by atoms with E-state index in [9.17, 15) is 19.2 Å². The third-order valence-electron chi connectivity index (χ3n) is 5.35. The van der Waals surface area contributed by atoms with Gasteiger partial charge in [-0.2, -0.15) is 0 Å². The van der Waals surface area contributed by atoms with Crippen LogP contribution in [-0.2, 0) is 23.7 Å². The lowest BCUT2D eigenvalue weighted by molar-refractivity contribution is -0.153. The number of nitrogens with one attached hydrogen (secondary N) is 2. The van der Waals surface area contributed by atoms with Gasteiger partial charge >= 0.3 is 19.1 Å². The molecule has 9 nitrogen and oxygen atoms in total. The normalized spacial score (nSPS) is 20.4. The molecule has 0 unspecified atom stereocenters. The Hall–Kier alpha value is -2.30. The van der Waals surface area contributed by atoms with Gasteiger partial charge in [0.15, 0.2) is 0 Å². The highest BCUT2D eigenvalue weighted by Gasteiger charge is 2.44. The highest BCUT2D eigenvalue weighted by atomic mass is 35.5. The van der Waals surface area contributed by atoms with Crippen LogP contribution in [0.3, 0.4) is 0 Å². The van der Waals surface area contributed by atoms with Crippen LogP contribution in [0.1, 0.15) is 44.5 Å². The van der Waals surface area contributed by atoms with Gasteiger partial charge in [-0.05, 0) is 51.4 Å². The molecule has 0 radical (unpaired) electrons. The minimum Gasteiger partial charge on any atom is -0.497 e. The average molecular weight is 500 g/mol. The molecule has 0 spiro atoms.